The monoisotopic (exact) mass is 547 g/mol. The van der Waals surface area contributed by atoms with Crippen LogP contribution in [0.25, 0.3) is 0 Å². The Bertz CT molecular complexity index is 1070. The van der Waals surface area contributed by atoms with E-state index in [2.05, 4.69) is 37.4 Å². The molecule has 2 heterocycles. The first-order chi connectivity index (χ1) is 15.0. The molecular weight excluding hydrogens is 517 g/mol. The molecule has 4 aliphatic rings. The van der Waals surface area contributed by atoms with Crippen LogP contribution in [0, 0.1) is 0 Å². The van der Waals surface area contributed by atoms with Gasteiger partial charge < -0.3 is 43.0 Å². The fourth-order valence-corrected chi connectivity index (χ4v) is 7.51. The molecule has 6 heteroatoms. The number of nitrogens with zero attached hydrogens (tertiary/aromatic N) is 1. The topological polar surface area (TPSA) is 55.8 Å². The number of quaternary nitrogens is 1. The maximum Gasteiger partial charge on any atom is 0.174 e. The number of carbonyl (C=O) groups excluding carboxylic acids is 1. The van der Waals surface area contributed by atoms with Gasteiger partial charge in [-0.05, 0) is 23.6 Å². The summed E-state index contributed by atoms with van der Waals surface area (Å²) in [5, 5.41) is 10.6. The summed E-state index contributed by atoms with van der Waals surface area (Å²) in [4.78, 5) is 13.1. The maximum atomic E-state index is 13.1. The lowest BCUT2D eigenvalue weighted by molar-refractivity contribution is -0.949. The van der Waals surface area contributed by atoms with Crippen LogP contribution in [0.1, 0.15) is 36.0 Å². The van der Waals surface area contributed by atoms with E-state index in [1.807, 2.05) is 13.2 Å². The molecule has 1 saturated carbocycles. The van der Waals surface area contributed by atoms with Gasteiger partial charge in [0.25, 0.3) is 0 Å². The number of phenols is 1. The van der Waals surface area contributed by atoms with E-state index in [9.17, 15) is 9.90 Å². The number of hydrogen-bond acceptors (Lipinski definition) is 4. The van der Waals surface area contributed by atoms with Gasteiger partial charge >= 0.3 is 0 Å². The molecule has 2 bridgehead atoms. The van der Waals surface area contributed by atoms with Crippen molar-refractivity contribution < 1.29 is 47.8 Å². The molecule has 2 aliphatic heterocycles. The van der Waals surface area contributed by atoms with E-state index in [1.165, 1.54) is 11.1 Å². The van der Waals surface area contributed by atoms with Gasteiger partial charge in [0.1, 0.15) is 11.6 Å². The van der Waals surface area contributed by atoms with Crippen LogP contribution in [0.4, 0.5) is 0 Å². The summed E-state index contributed by atoms with van der Waals surface area (Å²) in [6.45, 7) is 2.01. The fourth-order valence-electron chi connectivity index (χ4n) is 7.51. The number of carbonyl (C=O) groups is 1. The second-order valence-corrected chi connectivity index (χ2v) is 10.1. The standard InChI is InChI=1S/C26H29NO4.HI/c1-27(14-11-17-6-4-3-5-7-17)15-13-25-22-18-8-9-19(28)23(22)31-24(25)20(29)10-12-26(25,30-2)21(27)16-18;/h3-9,21,24H,10-16H2,1-2H3;1H/t21?,24?,25-,26?,27-;/m0./s1. The molecule has 0 radical (unpaired) electrons. The number of hydrogen-bond donors (Lipinski definition) is 1. The molecule has 2 aromatic carbocycles. The predicted molar refractivity (Wildman–Crippen MR) is 116 cm³/mol. The Morgan fingerprint density at radius 3 is 2.72 bits per heavy atom. The van der Waals surface area contributed by atoms with Crippen LogP contribution in [-0.4, -0.2) is 60.4 Å². The van der Waals surface area contributed by atoms with Crippen LogP contribution in [-0.2, 0) is 27.8 Å². The van der Waals surface area contributed by atoms with Crippen molar-refractivity contribution >= 4 is 5.78 Å². The van der Waals surface area contributed by atoms with E-state index in [0.717, 1.165) is 48.8 Å². The number of benzene rings is 2. The zero-order chi connectivity index (χ0) is 21.4. The van der Waals surface area contributed by atoms with Crippen molar-refractivity contribution in [1.82, 2.24) is 0 Å². The molecule has 3 unspecified atom stereocenters. The number of likely N-dealkylation sites (tertiary alicyclic amines) is 1. The van der Waals surface area contributed by atoms with Crippen LogP contribution in [0.2, 0.25) is 0 Å². The van der Waals surface area contributed by atoms with Crippen molar-refractivity contribution in [1.29, 1.82) is 0 Å². The zero-order valence-corrected chi connectivity index (χ0v) is 20.8. The normalized spacial score (nSPS) is 36.1. The SMILES string of the molecule is COC12CCC(=O)C3Oc4c(O)ccc5c4[C@@]31CC[N@+](C)(CCc1ccccc1)C2C5.[I-]. The highest BCUT2D eigenvalue weighted by Crippen LogP contribution is 2.66. The van der Waals surface area contributed by atoms with Crippen LogP contribution in [0.3, 0.4) is 0 Å². The van der Waals surface area contributed by atoms with Crippen molar-refractivity contribution in [3.05, 3.63) is 59.2 Å². The number of phenolic OH excluding ortho intramolecular Hbond substituents is 1. The van der Waals surface area contributed by atoms with Crippen LogP contribution < -0.4 is 28.7 Å². The van der Waals surface area contributed by atoms with Gasteiger partial charge in [-0.1, -0.05) is 36.4 Å². The minimum atomic E-state index is -0.547. The van der Waals surface area contributed by atoms with E-state index in [4.69, 9.17) is 9.47 Å². The molecule has 6 rings (SSSR count). The Morgan fingerprint density at radius 2 is 1.97 bits per heavy atom. The van der Waals surface area contributed by atoms with E-state index >= 15 is 0 Å². The number of ether oxygens (including phenoxy) is 2. The summed E-state index contributed by atoms with van der Waals surface area (Å²) in [6, 6.07) is 14.7. The molecule has 1 N–H and O–H groups in total. The van der Waals surface area contributed by atoms with Crippen molar-refractivity contribution in [2.24, 2.45) is 0 Å². The van der Waals surface area contributed by atoms with E-state index in [-0.39, 0.29) is 41.6 Å². The quantitative estimate of drug-likeness (QED) is 0.438. The highest BCUT2D eigenvalue weighted by atomic mass is 127. The van der Waals surface area contributed by atoms with E-state index in [0.29, 0.717) is 12.2 Å². The van der Waals surface area contributed by atoms with Crippen molar-refractivity contribution in [3.63, 3.8) is 0 Å². The molecule has 5 atom stereocenters. The minimum Gasteiger partial charge on any atom is -1.00 e. The summed E-state index contributed by atoms with van der Waals surface area (Å²) in [5.41, 5.74) is 2.68. The lowest BCUT2D eigenvalue weighted by atomic mass is 9.48. The molecule has 1 saturated heterocycles. The Balaban J connectivity index is 0.00000216. The third-order valence-corrected chi connectivity index (χ3v) is 8.98. The second kappa shape index (κ2) is 7.43. The van der Waals surface area contributed by atoms with Gasteiger partial charge in [0.05, 0.1) is 25.6 Å². The van der Waals surface area contributed by atoms with Gasteiger partial charge in [-0.25, -0.2) is 0 Å². The Labute approximate surface area is 206 Å². The smallest absolute Gasteiger partial charge is 0.174 e. The summed E-state index contributed by atoms with van der Waals surface area (Å²) < 4.78 is 13.7. The third kappa shape index (κ3) is 2.60. The molecule has 0 amide bonds. The molecule has 2 aromatic rings. The van der Waals surface area contributed by atoms with E-state index < -0.39 is 17.1 Å². The number of halogens is 1. The average Bonchev–Trinajstić information content (AvgIpc) is 3.16. The lowest BCUT2D eigenvalue weighted by Crippen LogP contribution is -3.00. The molecule has 5 nitrogen and oxygen atoms in total. The fraction of sp³-hybridized carbons (Fsp3) is 0.500. The van der Waals surface area contributed by atoms with Gasteiger partial charge in [0.2, 0.25) is 0 Å². The van der Waals surface area contributed by atoms with Crippen molar-refractivity contribution in [2.75, 3.05) is 27.2 Å². The van der Waals surface area contributed by atoms with Crippen LogP contribution in [0.15, 0.2) is 42.5 Å². The number of rotatable bonds is 4. The van der Waals surface area contributed by atoms with Crippen molar-refractivity contribution in [3.8, 4) is 11.5 Å². The van der Waals surface area contributed by atoms with Crippen LogP contribution in [0.5, 0.6) is 11.5 Å². The highest BCUT2D eigenvalue weighted by Gasteiger charge is 2.77. The summed E-state index contributed by atoms with van der Waals surface area (Å²) >= 11 is 0. The first kappa shape index (κ1) is 22.2. The second-order valence-electron chi connectivity index (χ2n) is 10.1. The average molecular weight is 547 g/mol. The number of methoxy groups -OCH3 is 1. The van der Waals surface area contributed by atoms with Gasteiger partial charge in [0, 0.05) is 38.4 Å². The third-order valence-electron chi connectivity index (χ3n) is 8.98. The number of Topliss-reactive ketones (excluding diaryl/α,β-unsaturated/α-hetero) is 1. The summed E-state index contributed by atoms with van der Waals surface area (Å²) in [5.74, 6) is 0.818. The summed E-state index contributed by atoms with van der Waals surface area (Å²) in [7, 11) is 4.19. The largest absolute Gasteiger partial charge is 1.00 e. The van der Waals surface area contributed by atoms with Gasteiger partial charge in [-0.15, -0.1) is 0 Å². The number of likely N-dealkylation sites (N-methyl/N-ethyl adjacent to an activating group) is 1. The van der Waals surface area contributed by atoms with Crippen molar-refractivity contribution in [2.45, 2.75) is 55.3 Å². The Kier molecular flexibility index (Phi) is 5.15. The van der Waals surface area contributed by atoms with Gasteiger partial charge in [-0.2, -0.15) is 0 Å². The number of piperidine rings is 1. The predicted octanol–water partition coefficient (Wildman–Crippen LogP) is 0.161. The van der Waals surface area contributed by atoms with Gasteiger partial charge in [-0.3, -0.25) is 4.79 Å². The van der Waals surface area contributed by atoms with Crippen LogP contribution >= 0.6 is 0 Å². The number of aromatic hydroxyl groups is 1. The maximum absolute atomic E-state index is 13.1. The molecule has 2 fully saturated rings. The van der Waals surface area contributed by atoms with Gasteiger partial charge in [0.15, 0.2) is 23.4 Å². The minimum absolute atomic E-state index is 0. The highest BCUT2D eigenvalue weighted by molar-refractivity contribution is 5.90. The van der Waals surface area contributed by atoms with E-state index in [1.54, 1.807) is 6.07 Å². The molecule has 0 aromatic heterocycles. The Morgan fingerprint density at radius 1 is 1.19 bits per heavy atom. The Hall–Kier alpha value is -1.64. The molecule has 1 spiro atoms. The number of ketones is 1. The molecule has 170 valence electrons. The molecular formula is C26H30INO4. The molecule has 32 heavy (non-hydrogen) atoms. The lowest BCUT2D eigenvalue weighted by Gasteiger charge is -2.65. The zero-order valence-electron chi connectivity index (χ0n) is 18.6. The summed E-state index contributed by atoms with van der Waals surface area (Å²) in [6.07, 6.45) is 3.39. The first-order valence-electron chi connectivity index (χ1n) is 11.4. The first-order valence-corrected chi connectivity index (χ1v) is 11.4. The molecule has 2 aliphatic carbocycles.